The number of phenols is 1. The summed E-state index contributed by atoms with van der Waals surface area (Å²) in [4.78, 5) is 12.3. The third-order valence-electron chi connectivity index (χ3n) is 3.45. The monoisotopic (exact) mass is 456 g/mol. The van der Waals surface area contributed by atoms with E-state index in [1.807, 2.05) is 36.4 Å². The Bertz CT molecular complexity index is 1060. The van der Waals surface area contributed by atoms with Crippen LogP contribution in [0.4, 0.5) is 5.13 Å². The van der Waals surface area contributed by atoms with Crippen LogP contribution in [0.3, 0.4) is 0 Å². The van der Waals surface area contributed by atoms with Crippen LogP contribution < -0.4 is 10.1 Å². The van der Waals surface area contributed by atoms with Crippen LogP contribution in [0.1, 0.15) is 10.6 Å². The van der Waals surface area contributed by atoms with E-state index in [2.05, 4.69) is 31.4 Å². The number of benzene rings is 2. The lowest BCUT2D eigenvalue weighted by molar-refractivity contribution is -0.112. The van der Waals surface area contributed by atoms with Crippen molar-refractivity contribution in [3.8, 4) is 17.6 Å². The van der Waals surface area contributed by atoms with Gasteiger partial charge in [-0.05, 0) is 36.4 Å². The van der Waals surface area contributed by atoms with Crippen LogP contribution in [-0.4, -0.2) is 21.2 Å². The van der Waals surface area contributed by atoms with Gasteiger partial charge in [-0.2, -0.15) is 5.26 Å². The first kappa shape index (κ1) is 19.5. The number of nitrogens with one attached hydrogen (secondary N) is 1. The molecule has 0 fully saturated rings. The number of amides is 1. The molecule has 140 valence electrons. The molecule has 28 heavy (non-hydrogen) atoms. The number of aromatic nitrogens is 2. The molecule has 1 aromatic heterocycles. The molecule has 0 bridgehead atoms. The van der Waals surface area contributed by atoms with Gasteiger partial charge in [-0.1, -0.05) is 45.5 Å². The Hall–Kier alpha value is -3.22. The lowest BCUT2D eigenvalue weighted by Crippen LogP contribution is -2.13. The van der Waals surface area contributed by atoms with Gasteiger partial charge in [-0.25, -0.2) is 0 Å². The summed E-state index contributed by atoms with van der Waals surface area (Å²) in [5.74, 6) is 0.0142. The first-order valence-electron chi connectivity index (χ1n) is 7.97. The summed E-state index contributed by atoms with van der Waals surface area (Å²) in [6.45, 7) is 0.213. The van der Waals surface area contributed by atoms with Gasteiger partial charge in [0, 0.05) is 10.0 Å². The predicted octanol–water partition coefficient (Wildman–Crippen LogP) is 4.13. The number of carbonyl (C=O) groups excluding carboxylic acids is 1. The first-order valence-corrected chi connectivity index (χ1v) is 9.58. The van der Waals surface area contributed by atoms with Crippen LogP contribution in [-0.2, 0) is 11.4 Å². The van der Waals surface area contributed by atoms with Crippen molar-refractivity contribution in [1.82, 2.24) is 10.2 Å². The van der Waals surface area contributed by atoms with Crippen molar-refractivity contribution < 1.29 is 14.6 Å². The number of nitrogens with zero attached hydrogens (tertiary/aromatic N) is 3. The van der Waals surface area contributed by atoms with E-state index in [1.165, 1.54) is 12.1 Å². The van der Waals surface area contributed by atoms with Gasteiger partial charge in [0.05, 0.1) is 0 Å². The second kappa shape index (κ2) is 9.12. The number of aromatic hydroxyl groups is 1. The quantitative estimate of drug-likeness (QED) is 0.426. The molecular formula is C19H13BrN4O3S. The number of carbonyl (C=O) groups is 1. The van der Waals surface area contributed by atoms with E-state index in [0.717, 1.165) is 11.3 Å². The highest BCUT2D eigenvalue weighted by Crippen LogP contribution is 2.25. The number of hydrogen-bond donors (Lipinski definition) is 2. The molecule has 7 nitrogen and oxygen atoms in total. The van der Waals surface area contributed by atoms with E-state index in [-0.39, 0.29) is 23.1 Å². The minimum atomic E-state index is -0.645. The van der Waals surface area contributed by atoms with Gasteiger partial charge < -0.3 is 9.84 Å². The highest BCUT2D eigenvalue weighted by molar-refractivity contribution is 9.10. The normalized spacial score (nSPS) is 10.9. The van der Waals surface area contributed by atoms with Gasteiger partial charge in [0.1, 0.15) is 29.7 Å². The predicted molar refractivity (Wildman–Crippen MR) is 109 cm³/mol. The molecule has 0 atom stereocenters. The fraction of sp³-hybridized carbons (Fsp3) is 0.0526. The number of anilines is 1. The first-order chi connectivity index (χ1) is 13.5. The third kappa shape index (κ3) is 5.16. The van der Waals surface area contributed by atoms with Crippen molar-refractivity contribution in [2.75, 3.05) is 5.32 Å². The summed E-state index contributed by atoms with van der Waals surface area (Å²) < 4.78 is 6.29. The summed E-state index contributed by atoms with van der Waals surface area (Å²) in [7, 11) is 0. The average molecular weight is 457 g/mol. The Morgan fingerprint density at radius 3 is 2.82 bits per heavy atom. The molecule has 3 aromatic rings. The molecule has 0 aliphatic heterocycles. The second-order valence-corrected chi connectivity index (χ2v) is 7.41. The Morgan fingerprint density at radius 2 is 2.07 bits per heavy atom. The van der Waals surface area contributed by atoms with Crippen LogP contribution in [0.15, 0.2) is 58.6 Å². The molecule has 0 saturated carbocycles. The second-order valence-electron chi connectivity index (χ2n) is 5.43. The number of para-hydroxylation sites is 1. The number of halogens is 1. The van der Waals surface area contributed by atoms with Crippen molar-refractivity contribution in [2.45, 2.75) is 6.61 Å². The minimum absolute atomic E-state index is 0.0417. The van der Waals surface area contributed by atoms with Gasteiger partial charge in [-0.15, -0.1) is 10.2 Å². The molecule has 1 heterocycles. The smallest absolute Gasteiger partial charge is 0.268 e. The maximum Gasteiger partial charge on any atom is 0.268 e. The van der Waals surface area contributed by atoms with Gasteiger partial charge in [0.15, 0.2) is 5.01 Å². The Kier molecular flexibility index (Phi) is 6.37. The molecule has 0 aliphatic rings. The van der Waals surface area contributed by atoms with E-state index in [1.54, 1.807) is 12.1 Å². The Balaban J connectivity index is 1.66. The standard InChI is InChI=1S/C19H13BrN4O3S/c20-14-6-7-16(25)12(9-14)8-13(10-21)18(26)22-19-24-23-17(28-19)11-27-15-4-2-1-3-5-15/h1-9,25H,11H2,(H,22,24,26)/b13-8-. The lowest BCUT2D eigenvalue weighted by atomic mass is 10.1. The third-order valence-corrected chi connectivity index (χ3v) is 4.75. The molecule has 2 aromatic carbocycles. The maximum absolute atomic E-state index is 12.3. The Morgan fingerprint density at radius 1 is 1.29 bits per heavy atom. The maximum atomic E-state index is 12.3. The van der Waals surface area contributed by atoms with Crippen molar-refractivity contribution in [3.63, 3.8) is 0 Å². The number of hydrogen-bond acceptors (Lipinski definition) is 7. The topological polar surface area (TPSA) is 108 Å². The summed E-state index contributed by atoms with van der Waals surface area (Å²) >= 11 is 4.43. The molecule has 9 heteroatoms. The molecule has 2 N–H and O–H groups in total. The summed E-state index contributed by atoms with van der Waals surface area (Å²) in [5, 5.41) is 30.4. The van der Waals surface area contributed by atoms with Crippen molar-refractivity contribution >= 4 is 44.4 Å². The number of rotatable bonds is 6. The zero-order valence-corrected chi connectivity index (χ0v) is 16.7. The number of ether oxygens (including phenoxy) is 1. The fourth-order valence-corrected chi connectivity index (χ4v) is 3.16. The van der Waals surface area contributed by atoms with E-state index in [9.17, 15) is 15.2 Å². The van der Waals surface area contributed by atoms with E-state index in [0.29, 0.717) is 20.8 Å². The molecule has 0 aliphatic carbocycles. The average Bonchev–Trinajstić information content (AvgIpc) is 3.15. The molecule has 0 spiro atoms. The summed E-state index contributed by atoms with van der Waals surface area (Å²) in [5.41, 5.74) is 0.168. The van der Waals surface area contributed by atoms with Crippen LogP contribution in [0.2, 0.25) is 0 Å². The van der Waals surface area contributed by atoms with Crippen LogP contribution in [0.5, 0.6) is 11.5 Å². The lowest BCUT2D eigenvalue weighted by Gasteiger charge is -2.03. The summed E-state index contributed by atoms with van der Waals surface area (Å²) in [6, 6.07) is 15.8. The highest BCUT2D eigenvalue weighted by atomic mass is 79.9. The molecule has 0 radical (unpaired) electrons. The van der Waals surface area contributed by atoms with E-state index in [4.69, 9.17) is 4.74 Å². The van der Waals surface area contributed by atoms with Crippen LogP contribution in [0.25, 0.3) is 6.08 Å². The van der Waals surface area contributed by atoms with Crippen LogP contribution in [0, 0.1) is 11.3 Å². The van der Waals surface area contributed by atoms with Crippen LogP contribution >= 0.6 is 27.3 Å². The number of nitriles is 1. The van der Waals surface area contributed by atoms with E-state index >= 15 is 0 Å². The van der Waals surface area contributed by atoms with Gasteiger partial charge in [0.25, 0.3) is 5.91 Å². The van der Waals surface area contributed by atoms with Crippen molar-refractivity contribution in [3.05, 3.63) is 69.1 Å². The summed E-state index contributed by atoms with van der Waals surface area (Å²) in [6.07, 6.45) is 1.30. The SMILES string of the molecule is N#C/C(=C/c1cc(Br)ccc1O)C(=O)Nc1nnc(COc2ccccc2)s1. The molecule has 3 rings (SSSR count). The van der Waals surface area contributed by atoms with Crippen molar-refractivity contribution in [1.29, 1.82) is 5.26 Å². The molecule has 0 saturated heterocycles. The largest absolute Gasteiger partial charge is 0.507 e. The zero-order valence-electron chi connectivity index (χ0n) is 14.3. The highest BCUT2D eigenvalue weighted by Gasteiger charge is 2.14. The molecule has 0 unspecified atom stereocenters. The van der Waals surface area contributed by atoms with Gasteiger partial charge in [-0.3, -0.25) is 10.1 Å². The van der Waals surface area contributed by atoms with Gasteiger partial charge >= 0.3 is 0 Å². The van der Waals surface area contributed by atoms with Gasteiger partial charge in [0.2, 0.25) is 5.13 Å². The zero-order chi connectivity index (χ0) is 19.9. The number of phenolic OH excluding ortho intramolecular Hbond substituents is 1. The molecule has 1 amide bonds. The van der Waals surface area contributed by atoms with Crippen molar-refractivity contribution in [2.24, 2.45) is 0 Å². The molecular weight excluding hydrogens is 444 g/mol. The minimum Gasteiger partial charge on any atom is -0.507 e. The van der Waals surface area contributed by atoms with E-state index < -0.39 is 5.91 Å². The Labute approximate surface area is 173 Å². The fourth-order valence-electron chi connectivity index (χ4n) is 2.13.